The van der Waals surface area contributed by atoms with Gasteiger partial charge in [-0.05, 0) is 42.7 Å². The molecule has 33 heavy (non-hydrogen) atoms. The van der Waals surface area contributed by atoms with Crippen molar-refractivity contribution in [1.29, 1.82) is 0 Å². The Kier molecular flexibility index (Phi) is 6.69. The first-order valence-corrected chi connectivity index (χ1v) is 10.9. The van der Waals surface area contributed by atoms with E-state index in [0.717, 1.165) is 42.9 Å². The second-order valence-electron chi connectivity index (χ2n) is 7.76. The first-order chi connectivity index (χ1) is 15.8. The highest BCUT2D eigenvalue weighted by molar-refractivity contribution is 6.20. The van der Waals surface area contributed by atoms with Gasteiger partial charge in [-0.25, -0.2) is 15.0 Å². The molecule has 0 aliphatic carbocycles. The van der Waals surface area contributed by atoms with Crippen LogP contribution in [0.15, 0.2) is 55.2 Å². The maximum atomic E-state index is 12.9. The molecule has 3 heterocycles. The molecule has 1 amide bonds. The van der Waals surface area contributed by atoms with Crippen LogP contribution in [0, 0.1) is 5.92 Å². The Morgan fingerprint density at radius 3 is 2.61 bits per heavy atom. The van der Waals surface area contributed by atoms with Crippen LogP contribution in [-0.2, 0) is 0 Å². The minimum atomic E-state index is -3.80. The number of nitrogens with one attached hydrogen (secondary N) is 1. The van der Waals surface area contributed by atoms with E-state index in [1.54, 1.807) is 18.5 Å². The minimum Gasteiger partial charge on any atom is -0.420 e. The summed E-state index contributed by atoms with van der Waals surface area (Å²) in [5.74, 6) is 0.888. The first-order valence-electron chi connectivity index (χ1n) is 10.5. The minimum absolute atomic E-state index is 0.124. The van der Waals surface area contributed by atoms with Crippen molar-refractivity contribution < 1.29 is 18.3 Å². The molecule has 1 aliphatic rings. The average molecular weight is 474 g/mol. The number of pyridine rings is 1. The fraction of sp³-hybridized carbons (Fsp3) is 0.304. The normalized spacial score (nSPS) is 16.0. The van der Waals surface area contributed by atoms with Crippen molar-refractivity contribution in [3.05, 3.63) is 60.8 Å². The Morgan fingerprint density at radius 1 is 1.24 bits per heavy atom. The number of anilines is 2. The van der Waals surface area contributed by atoms with Gasteiger partial charge in [-0.3, -0.25) is 4.79 Å². The molecule has 1 fully saturated rings. The molecule has 0 spiro atoms. The van der Waals surface area contributed by atoms with Crippen LogP contribution < -0.4 is 15.0 Å². The van der Waals surface area contributed by atoms with Gasteiger partial charge in [0, 0.05) is 60.1 Å². The van der Waals surface area contributed by atoms with Gasteiger partial charge in [0.25, 0.3) is 5.91 Å². The van der Waals surface area contributed by atoms with Crippen molar-refractivity contribution in [2.45, 2.75) is 25.3 Å². The number of amides is 1. The molecule has 1 saturated heterocycles. The maximum Gasteiger partial charge on any atom is 0.487 e. The van der Waals surface area contributed by atoms with E-state index in [1.807, 2.05) is 0 Å². The summed E-state index contributed by atoms with van der Waals surface area (Å²) >= 11 is 4.77. The number of halogens is 3. The number of nitrogens with zero attached hydrogens (tertiary/aromatic N) is 4. The van der Waals surface area contributed by atoms with E-state index in [-0.39, 0.29) is 5.75 Å². The summed E-state index contributed by atoms with van der Waals surface area (Å²) in [5.41, 5.74) is -1.52. The molecule has 2 aromatic heterocycles. The van der Waals surface area contributed by atoms with E-state index in [1.165, 1.54) is 36.8 Å². The highest BCUT2D eigenvalue weighted by Gasteiger charge is 2.28. The topological polar surface area (TPSA) is 80.2 Å². The van der Waals surface area contributed by atoms with Crippen LogP contribution in [-0.4, -0.2) is 39.5 Å². The second kappa shape index (κ2) is 9.66. The van der Waals surface area contributed by atoms with E-state index in [2.05, 4.69) is 36.8 Å². The third-order valence-electron chi connectivity index (χ3n) is 5.51. The standard InChI is InChI=1S/C23H22ClF2N5O2/c1-2-15-7-8-31(13-15)21-20(17-10-27-14-28-11-17)9-16(12-29-21)22(32)30-18-3-5-19(6-4-18)33-23(24,25)26/h3-6,9-12,14-15H,2,7-8,13H2,1H3,(H,30,32)/t15-/m1/s1. The van der Waals surface area contributed by atoms with Crippen molar-refractivity contribution >= 4 is 29.0 Å². The van der Waals surface area contributed by atoms with Gasteiger partial charge in [0.2, 0.25) is 0 Å². The van der Waals surface area contributed by atoms with Gasteiger partial charge in [-0.15, -0.1) is 8.78 Å². The van der Waals surface area contributed by atoms with Crippen molar-refractivity contribution in [2.75, 3.05) is 23.3 Å². The molecular formula is C23H22ClF2N5O2. The molecule has 7 nitrogen and oxygen atoms in total. The Hall–Kier alpha value is -3.33. The summed E-state index contributed by atoms with van der Waals surface area (Å²) in [5, 5.41) is 2.73. The van der Waals surface area contributed by atoms with Crippen LogP contribution in [0.1, 0.15) is 30.1 Å². The Morgan fingerprint density at radius 2 is 1.97 bits per heavy atom. The molecule has 4 rings (SSSR count). The van der Waals surface area contributed by atoms with E-state index in [4.69, 9.17) is 11.6 Å². The number of benzene rings is 1. The fourth-order valence-electron chi connectivity index (χ4n) is 3.79. The lowest BCUT2D eigenvalue weighted by molar-refractivity contribution is -0.0964. The lowest BCUT2D eigenvalue weighted by Gasteiger charge is -2.21. The number of alkyl halides is 3. The van der Waals surface area contributed by atoms with Crippen molar-refractivity contribution in [2.24, 2.45) is 5.92 Å². The molecule has 3 aromatic rings. The summed E-state index contributed by atoms with van der Waals surface area (Å²) in [6, 6.07) is 7.23. The van der Waals surface area contributed by atoms with Crippen LogP contribution >= 0.6 is 11.6 Å². The van der Waals surface area contributed by atoms with Gasteiger partial charge in [0.1, 0.15) is 17.9 Å². The highest BCUT2D eigenvalue weighted by atomic mass is 35.5. The van der Waals surface area contributed by atoms with Gasteiger partial charge in [-0.2, -0.15) is 0 Å². The van der Waals surface area contributed by atoms with Gasteiger partial charge in [-0.1, -0.05) is 13.3 Å². The predicted molar refractivity (Wildman–Crippen MR) is 122 cm³/mol. The summed E-state index contributed by atoms with van der Waals surface area (Å²) in [6.45, 7) is 3.99. The average Bonchev–Trinajstić information content (AvgIpc) is 3.29. The molecule has 0 saturated carbocycles. The van der Waals surface area contributed by atoms with Crippen LogP contribution in [0.2, 0.25) is 0 Å². The molecule has 0 radical (unpaired) electrons. The summed E-state index contributed by atoms with van der Waals surface area (Å²) in [7, 11) is 0. The maximum absolute atomic E-state index is 12.9. The van der Waals surface area contributed by atoms with Crippen molar-refractivity contribution in [1.82, 2.24) is 15.0 Å². The SMILES string of the molecule is CC[C@@H]1CCN(c2ncc(C(=O)Nc3ccc(OC(F)(F)Cl)cc3)cc2-c2cncnc2)C1. The number of carbonyl (C=O) groups excluding carboxylic acids is 1. The number of hydrogen-bond acceptors (Lipinski definition) is 6. The van der Waals surface area contributed by atoms with Gasteiger partial charge >= 0.3 is 5.57 Å². The van der Waals surface area contributed by atoms with Crippen molar-refractivity contribution in [3.63, 3.8) is 0 Å². The van der Waals surface area contributed by atoms with Gasteiger partial charge < -0.3 is 15.0 Å². The molecule has 0 unspecified atom stereocenters. The molecule has 1 N–H and O–H groups in total. The number of aromatic nitrogens is 3. The number of carbonyl (C=O) groups is 1. The predicted octanol–water partition coefficient (Wildman–Crippen LogP) is 5.20. The summed E-state index contributed by atoms with van der Waals surface area (Å²) in [4.78, 5) is 27.9. The molecule has 1 atom stereocenters. The third-order valence-corrected chi connectivity index (χ3v) is 5.59. The zero-order valence-corrected chi connectivity index (χ0v) is 18.6. The Bertz CT molecular complexity index is 1110. The zero-order valence-electron chi connectivity index (χ0n) is 17.8. The van der Waals surface area contributed by atoms with Crippen LogP contribution in [0.3, 0.4) is 0 Å². The molecule has 172 valence electrons. The van der Waals surface area contributed by atoms with E-state index >= 15 is 0 Å². The van der Waals surface area contributed by atoms with E-state index in [9.17, 15) is 13.6 Å². The van der Waals surface area contributed by atoms with Crippen LogP contribution in [0.25, 0.3) is 11.1 Å². The Balaban J connectivity index is 1.57. The highest BCUT2D eigenvalue weighted by Crippen LogP contribution is 2.33. The Labute approximate surface area is 194 Å². The number of rotatable bonds is 7. The zero-order chi connectivity index (χ0) is 23.4. The quantitative estimate of drug-likeness (QED) is 0.475. The number of hydrogen-bond donors (Lipinski definition) is 1. The third kappa shape index (κ3) is 5.73. The molecule has 0 bridgehead atoms. The fourth-order valence-corrected chi connectivity index (χ4v) is 3.87. The van der Waals surface area contributed by atoms with Crippen LogP contribution in [0.4, 0.5) is 20.3 Å². The smallest absolute Gasteiger partial charge is 0.420 e. The monoisotopic (exact) mass is 473 g/mol. The van der Waals surface area contributed by atoms with Gasteiger partial charge in [0.15, 0.2) is 0 Å². The lowest BCUT2D eigenvalue weighted by atomic mass is 10.1. The second-order valence-corrected chi connectivity index (χ2v) is 8.20. The summed E-state index contributed by atoms with van der Waals surface area (Å²) < 4.78 is 29.8. The number of ether oxygens (including phenoxy) is 1. The molecule has 10 heteroatoms. The summed E-state index contributed by atoms with van der Waals surface area (Å²) in [6.07, 6.45) is 8.56. The van der Waals surface area contributed by atoms with Gasteiger partial charge in [0.05, 0.1) is 5.56 Å². The molecule has 1 aliphatic heterocycles. The molecular weight excluding hydrogens is 452 g/mol. The molecule has 1 aromatic carbocycles. The largest absolute Gasteiger partial charge is 0.487 e. The van der Waals surface area contributed by atoms with E-state index in [0.29, 0.717) is 17.2 Å². The lowest BCUT2D eigenvalue weighted by Crippen LogP contribution is -2.22. The van der Waals surface area contributed by atoms with Crippen LogP contribution in [0.5, 0.6) is 5.75 Å². The first kappa shape index (κ1) is 22.8. The van der Waals surface area contributed by atoms with E-state index < -0.39 is 11.5 Å². The van der Waals surface area contributed by atoms with Crippen molar-refractivity contribution in [3.8, 4) is 16.9 Å².